The van der Waals surface area contributed by atoms with E-state index in [9.17, 15) is 4.79 Å². The van der Waals surface area contributed by atoms with Gasteiger partial charge in [0, 0.05) is 12.0 Å². The molecule has 0 heterocycles. The van der Waals surface area contributed by atoms with Gasteiger partial charge >= 0.3 is 0 Å². The van der Waals surface area contributed by atoms with Crippen LogP contribution in [0, 0.1) is 0 Å². The average molecular weight is 222 g/mol. The number of ketones is 1. The van der Waals surface area contributed by atoms with Gasteiger partial charge in [-0.25, -0.2) is 0 Å². The van der Waals surface area contributed by atoms with Crippen LogP contribution in [0.3, 0.4) is 0 Å². The first kappa shape index (κ1) is 10.3. The van der Waals surface area contributed by atoms with Crippen molar-refractivity contribution >= 4 is 5.78 Å². The van der Waals surface area contributed by atoms with Crippen LogP contribution in [-0.2, 0) is 12.8 Å². The van der Waals surface area contributed by atoms with E-state index in [0.29, 0.717) is 6.42 Å². The average Bonchev–Trinajstić information content (AvgIpc) is 2.36. The summed E-state index contributed by atoms with van der Waals surface area (Å²) in [5.74, 6) is 0.273. The number of aryl methyl sites for hydroxylation is 1. The molecule has 0 N–H and O–H groups in total. The summed E-state index contributed by atoms with van der Waals surface area (Å²) in [7, 11) is 0. The lowest BCUT2D eigenvalue weighted by molar-refractivity contribution is 0.0981. The third kappa shape index (κ3) is 1.89. The monoisotopic (exact) mass is 222 g/mol. The van der Waals surface area contributed by atoms with Crippen molar-refractivity contribution in [1.29, 1.82) is 0 Å². The highest BCUT2D eigenvalue weighted by Gasteiger charge is 2.16. The normalized spacial score (nSPS) is 14.5. The van der Waals surface area contributed by atoms with Crippen LogP contribution < -0.4 is 0 Å². The third-order valence-corrected chi connectivity index (χ3v) is 3.44. The summed E-state index contributed by atoms with van der Waals surface area (Å²) in [6.45, 7) is 0. The highest BCUT2D eigenvalue weighted by atomic mass is 16.1. The largest absolute Gasteiger partial charge is 0.294 e. The molecule has 0 bridgehead atoms. The van der Waals surface area contributed by atoms with Crippen LogP contribution in [0.4, 0.5) is 0 Å². The van der Waals surface area contributed by atoms with Gasteiger partial charge in [0.25, 0.3) is 0 Å². The fourth-order valence-corrected chi connectivity index (χ4v) is 2.51. The Balaban J connectivity index is 2.12. The molecule has 0 atom stereocenters. The van der Waals surface area contributed by atoms with Crippen molar-refractivity contribution < 1.29 is 4.79 Å². The van der Waals surface area contributed by atoms with Gasteiger partial charge in [-0.2, -0.15) is 0 Å². The molecule has 84 valence electrons. The molecule has 1 heteroatoms. The van der Waals surface area contributed by atoms with Crippen molar-refractivity contribution in [2.75, 3.05) is 0 Å². The number of carbonyl (C=O) groups is 1. The van der Waals surface area contributed by atoms with Crippen LogP contribution in [0.5, 0.6) is 0 Å². The van der Waals surface area contributed by atoms with Gasteiger partial charge in [-0.05, 0) is 29.5 Å². The van der Waals surface area contributed by atoms with Gasteiger partial charge in [-0.1, -0.05) is 48.5 Å². The fourth-order valence-electron chi connectivity index (χ4n) is 2.51. The molecular weight excluding hydrogens is 208 g/mol. The lowest BCUT2D eigenvalue weighted by Gasteiger charge is -2.15. The number of hydrogen-bond acceptors (Lipinski definition) is 1. The Kier molecular flexibility index (Phi) is 2.52. The summed E-state index contributed by atoms with van der Waals surface area (Å²) in [6.07, 6.45) is 2.36. The Hall–Kier alpha value is -1.89. The Labute approximate surface area is 101 Å². The van der Waals surface area contributed by atoms with Gasteiger partial charge in [-0.15, -0.1) is 0 Å². The molecule has 0 fully saturated rings. The van der Waals surface area contributed by atoms with Crippen LogP contribution in [0.15, 0.2) is 48.5 Å². The Morgan fingerprint density at radius 3 is 2.18 bits per heavy atom. The topological polar surface area (TPSA) is 17.1 Å². The zero-order valence-corrected chi connectivity index (χ0v) is 9.65. The molecule has 0 saturated heterocycles. The number of carbonyl (C=O) groups excluding carboxylic acids is 1. The molecule has 0 spiro atoms. The third-order valence-electron chi connectivity index (χ3n) is 3.44. The second-order valence-electron chi connectivity index (χ2n) is 4.53. The van der Waals surface area contributed by atoms with E-state index >= 15 is 0 Å². The van der Waals surface area contributed by atoms with E-state index in [1.54, 1.807) is 0 Å². The van der Waals surface area contributed by atoms with Crippen LogP contribution in [0.1, 0.15) is 33.5 Å². The molecule has 2 aromatic carbocycles. The summed E-state index contributed by atoms with van der Waals surface area (Å²) < 4.78 is 0. The van der Waals surface area contributed by atoms with E-state index < -0.39 is 0 Å². The number of Topliss-reactive ketones (excluding diaryl/α,β-unsaturated/α-hetero) is 1. The van der Waals surface area contributed by atoms with Gasteiger partial charge in [0.1, 0.15) is 0 Å². The van der Waals surface area contributed by atoms with Gasteiger partial charge in [0.2, 0.25) is 0 Å². The molecule has 1 nitrogen and oxygen atoms in total. The van der Waals surface area contributed by atoms with Crippen molar-refractivity contribution in [1.82, 2.24) is 0 Å². The summed E-state index contributed by atoms with van der Waals surface area (Å²) >= 11 is 0. The van der Waals surface area contributed by atoms with Crippen LogP contribution >= 0.6 is 0 Å². The summed E-state index contributed by atoms with van der Waals surface area (Å²) in [5, 5.41) is 0. The molecule has 1 aliphatic carbocycles. The zero-order valence-electron chi connectivity index (χ0n) is 9.65. The number of fused-ring (bicyclic) bond motifs is 2. The molecule has 0 saturated carbocycles. The Morgan fingerprint density at radius 1 is 0.706 bits per heavy atom. The molecule has 0 amide bonds. The maximum atomic E-state index is 12.1. The summed E-state index contributed by atoms with van der Waals surface area (Å²) in [6, 6.07) is 16.4. The predicted molar refractivity (Wildman–Crippen MR) is 68.3 cm³/mol. The van der Waals surface area contributed by atoms with Crippen molar-refractivity contribution in [2.45, 2.75) is 19.3 Å². The number of hydrogen-bond donors (Lipinski definition) is 0. The zero-order chi connectivity index (χ0) is 11.7. The van der Waals surface area contributed by atoms with Gasteiger partial charge in [0.15, 0.2) is 5.78 Å². The van der Waals surface area contributed by atoms with E-state index in [2.05, 4.69) is 30.3 Å². The quantitative estimate of drug-likeness (QED) is 0.667. The second kappa shape index (κ2) is 4.17. The minimum Gasteiger partial charge on any atom is -0.294 e. The van der Waals surface area contributed by atoms with E-state index in [4.69, 9.17) is 0 Å². The molecule has 0 aliphatic heterocycles. The summed E-state index contributed by atoms with van der Waals surface area (Å²) in [4.78, 5) is 12.1. The Bertz CT molecular complexity index is 569. The smallest absolute Gasteiger partial charge is 0.163 e. The first-order chi connectivity index (χ1) is 8.34. The fraction of sp³-hybridized carbons (Fsp3) is 0.188. The molecule has 17 heavy (non-hydrogen) atoms. The first-order valence-electron chi connectivity index (χ1n) is 6.02. The van der Waals surface area contributed by atoms with Crippen molar-refractivity contribution in [3.8, 4) is 0 Å². The SMILES string of the molecule is O=C1CCc2ccccc2Cc2ccccc21. The van der Waals surface area contributed by atoms with Gasteiger partial charge in [0.05, 0.1) is 0 Å². The van der Waals surface area contributed by atoms with Gasteiger partial charge < -0.3 is 0 Å². The number of benzene rings is 2. The molecule has 2 aromatic rings. The Morgan fingerprint density at radius 2 is 1.35 bits per heavy atom. The maximum absolute atomic E-state index is 12.1. The summed E-state index contributed by atoms with van der Waals surface area (Å²) in [5.41, 5.74) is 4.73. The number of rotatable bonds is 0. The minimum absolute atomic E-state index is 0.273. The van der Waals surface area contributed by atoms with Crippen molar-refractivity contribution in [2.24, 2.45) is 0 Å². The van der Waals surface area contributed by atoms with E-state index in [1.807, 2.05) is 18.2 Å². The highest BCUT2D eigenvalue weighted by molar-refractivity contribution is 5.98. The van der Waals surface area contributed by atoms with Gasteiger partial charge in [-0.3, -0.25) is 4.79 Å². The molecule has 1 aliphatic rings. The minimum atomic E-state index is 0.273. The van der Waals surface area contributed by atoms with Crippen LogP contribution in [0.2, 0.25) is 0 Å². The molecule has 0 radical (unpaired) electrons. The molecule has 0 unspecified atom stereocenters. The van der Waals surface area contributed by atoms with E-state index in [0.717, 1.165) is 24.0 Å². The standard InChI is InChI=1S/C16H14O/c17-16-10-9-12-5-1-2-6-13(12)11-14-7-3-4-8-15(14)16/h1-8H,9-11H2. The van der Waals surface area contributed by atoms with Crippen molar-refractivity contribution in [3.05, 3.63) is 70.8 Å². The molecular formula is C16H14O. The van der Waals surface area contributed by atoms with E-state index in [-0.39, 0.29) is 5.78 Å². The molecule has 3 rings (SSSR count). The first-order valence-corrected chi connectivity index (χ1v) is 6.02. The molecule has 0 aromatic heterocycles. The maximum Gasteiger partial charge on any atom is 0.163 e. The second-order valence-corrected chi connectivity index (χ2v) is 4.53. The van der Waals surface area contributed by atoms with Crippen LogP contribution in [-0.4, -0.2) is 5.78 Å². The van der Waals surface area contributed by atoms with Crippen molar-refractivity contribution in [3.63, 3.8) is 0 Å². The predicted octanol–water partition coefficient (Wildman–Crippen LogP) is 3.41. The van der Waals surface area contributed by atoms with E-state index in [1.165, 1.54) is 11.1 Å². The lowest BCUT2D eigenvalue weighted by atomic mass is 9.88. The highest BCUT2D eigenvalue weighted by Crippen LogP contribution is 2.23. The van der Waals surface area contributed by atoms with Crippen LogP contribution in [0.25, 0.3) is 0 Å². The lowest BCUT2D eigenvalue weighted by Crippen LogP contribution is -2.10.